The lowest BCUT2D eigenvalue weighted by Gasteiger charge is -2.28. The zero-order chi connectivity index (χ0) is 14.5. The van der Waals surface area contributed by atoms with Gasteiger partial charge in [0.25, 0.3) is 0 Å². The number of hydrogen-bond donors (Lipinski definition) is 1. The average Bonchev–Trinajstić information content (AvgIpc) is 2.96. The van der Waals surface area contributed by atoms with Crippen molar-refractivity contribution >= 4 is 0 Å². The maximum Gasteiger partial charge on any atom is 0.0619 e. The summed E-state index contributed by atoms with van der Waals surface area (Å²) in [6.45, 7) is 7.63. The van der Waals surface area contributed by atoms with Crippen LogP contribution in [0.3, 0.4) is 0 Å². The second kappa shape index (κ2) is 7.24. The maximum atomic E-state index is 5.88. The van der Waals surface area contributed by atoms with Crippen molar-refractivity contribution in [3.63, 3.8) is 0 Å². The van der Waals surface area contributed by atoms with Crippen molar-refractivity contribution in [2.24, 2.45) is 5.92 Å². The van der Waals surface area contributed by atoms with Gasteiger partial charge in [0.1, 0.15) is 0 Å². The van der Waals surface area contributed by atoms with E-state index < -0.39 is 0 Å². The molecule has 1 N–H and O–H groups in total. The maximum absolute atomic E-state index is 5.88. The van der Waals surface area contributed by atoms with Crippen LogP contribution >= 0.6 is 0 Å². The highest BCUT2D eigenvalue weighted by atomic mass is 16.5. The van der Waals surface area contributed by atoms with Gasteiger partial charge < -0.3 is 10.1 Å². The van der Waals surface area contributed by atoms with E-state index in [0.29, 0.717) is 18.1 Å². The quantitative estimate of drug-likeness (QED) is 0.850. The molecule has 0 bridgehead atoms. The Balaban J connectivity index is 2.27. The van der Waals surface area contributed by atoms with Crippen LogP contribution in [0.2, 0.25) is 0 Å². The molecule has 20 heavy (non-hydrogen) atoms. The Morgan fingerprint density at radius 1 is 1.20 bits per heavy atom. The first-order valence-corrected chi connectivity index (χ1v) is 8.15. The van der Waals surface area contributed by atoms with Crippen LogP contribution in [0.4, 0.5) is 0 Å². The van der Waals surface area contributed by atoms with Crippen molar-refractivity contribution in [2.75, 3.05) is 13.7 Å². The van der Waals surface area contributed by atoms with Crippen LogP contribution in [0.25, 0.3) is 0 Å². The van der Waals surface area contributed by atoms with E-state index in [9.17, 15) is 0 Å². The molecule has 1 aromatic rings. The molecule has 1 fully saturated rings. The minimum absolute atomic E-state index is 0.406. The van der Waals surface area contributed by atoms with Crippen LogP contribution in [-0.4, -0.2) is 19.8 Å². The van der Waals surface area contributed by atoms with Gasteiger partial charge in [-0.15, -0.1) is 0 Å². The molecule has 0 radical (unpaired) electrons. The van der Waals surface area contributed by atoms with Crippen LogP contribution in [0.5, 0.6) is 0 Å². The summed E-state index contributed by atoms with van der Waals surface area (Å²) in [5.74, 6) is 0.599. The molecule has 3 atom stereocenters. The Hall–Kier alpha value is -0.860. The van der Waals surface area contributed by atoms with Crippen molar-refractivity contribution in [3.05, 3.63) is 34.9 Å². The van der Waals surface area contributed by atoms with E-state index in [1.165, 1.54) is 23.1 Å². The van der Waals surface area contributed by atoms with Crippen LogP contribution in [0.15, 0.2) is 18.2 Å². The first-order valence-electron chi connectivity index (χ1n) is 8.15. The SMILES string of the molecule is CCc1ccc(C(NC)C2CCOC2CC)cc1CC. The standard InChI is InChI=1S/C18H29NO/c1-5-13-8-9-15(12-14(13)6-2)18(19-4)16-10-11-20-17(16)7-3/h8-9,12,16-19H,5-7,10-11H2,1-4H3. The minimum Gasteiger partial charge on any atom is -0.378 e. The molecule has 1 heterocycles. The summed E-state index contributed by atoms with van der Waals surface area (Å²) in [7, 11) is 2.08. The van der Waals surface area contributed by atoms with E-state index in [0.717, 1.165) is 25.9 Å². The van der Waals surface area contributed by atoms with E-state index >= 15 is 0 Å². The van der Waals surface area contributed by atoms with E-state index in [1.54, 1.807) is 0 Å². The predicted molar refractivity (Wildman–Crippen MR) is 85.1 cm³/mol. The highest BCUT2D eigenvalue weighted by molar-refractivity contribution is 5.34. The van der Waals surface area contributed by atoms with Gasteiger partial charge in [-0.25, -0.2) is 0 Å². The third-order valence-electron chi connectivity index (χ3n) is 4.75. The molecule has 1 aromatic carbocycles. The highest BCUT2D eigenvalue weighted by Gasteiger charge is 2.33. The lowest BCUT2D eigenvalue weighted by molar-refractivity contribution is 0.0782. The van der Waals surface area contributed by atoms with Gasteiger partial charge in [0.2, 0.25) is 0 Å². The minimum atomic E-state index is 0.406. The molecular formula is C18H29NO. The number of benzene rings is 1. The topological polar surface area (TPSA) is 21.3 Å². The molecule has 1 aliphatic rings. The van der Waals surface area contributed by atoms with Gasteiger partial charge >= 0.3 is 0 Å². The second-order valence-electron chi connectivity index (χ2n) is 5.77. The summed E-state index contributed by atoms with van der Waals surface area (Å²) in [5, 5.41) is 3.53. The molecule has 1 aliphatic heterocycles. The lowest BCUT2D eigenvalue weighted by Crippen LogP contribution is -2.30. The first-order chi connectivity index (χ1) is 9.74. The Bertz CT molecular complexity index is 429. The average molecular weight is 275 g/mol. The number of rotatable bonds is 6. The first kappa shape index (κ1) is 15.5. The number of hydrogen-bond acceptors (Lipinski definition) is 2. The normalized spacial score (nSPS) is 24.0. The molecular weight excluding hydrogens is 246 g/mol. The van der Waals surface area contributed by atoms with Gasteiger partial charge in [-0.05, 0) is 49.4 Å². The predicted octanol–water partition coefficient (Wildman–Crippen LogP) is 3.89. The molecule has 2 nitrogen and oxygen atoms in total. The van der Waals surface area contributed by atoms with E-state index in [2.05, 4.69) is 51.3 Å². The fourth-order valence-corrected chi connectivity index (χ4v) is 3.61. The summed E-state index contributed by atoms with van der Waals surface area (Å²) in [4.78, 5) is 0. The number of aryl methyl sites for hydroxylation is 2. The molecule has 3 unspecified atom stereocenters. The van der Waals surface area contributed by atoms with E-state index in [-0.39, 0.29) is 0 Å². The van der Waals surface area contributed by atoms with Crippen LogP contribution < -0.4 is 5.32 Å². The lowest BCUT2D eigenvalue weighted by atomic mass is 9.85. The van der Waals surface area contributed by atoms with Crippen molar-refractivity contribution < 1.29 is 4.74 Å². The molecule has 0 aromatic heterocycles. The largest absolute Gasteiger partial charge is 0.378 e. The molecule has 0 aliphatic carbocycles. The number of nitrogens with one attached hydrogen (secondary N) is 1. The van der Waals surface area contributed by atoms with Gasteiger partial charge in [-0.3, -0.25) is 0 Å². The van der Waals surface area contributed by atoms with Gasteiger partial charge in [0.15, 0.2) is 0 Å². The third-order valence-corrected chi connectivity index (χ3v) is 4.75. The van der Waals surface area contributed by atoms with E-state index in [4.69, 9.17) is 4.74 Å². The van der Waals surface area contributed by atoms with Gasteiger partial charge in [-0.1, -0.05) is 39.0 Å². The highest BCUT2D eigenvalue weighted by Crippen LogP contribution is 2.35. The monoisotopic (exact) mass is 275 g/mol. The van der Waals surface area contributed by atoms with Gasteiger partial charge in [0.05, 0.1) is 6.10 Å². The fourth-order valence-electron chi connectivity index (χ4n) is 3.61. The molecule has 0 spiro atoms. The zero-order valence-electron chi connectivity index (χ0n) is 13.4. The smallest absolute Gasteiger partial charge is 0.0619 e. The van der Waals surface area contributed by atoms with Crippen LogP contribution in [-0.2, 0) is 17.6 Å². The molecule has 0 saturated carbocycles. The summed E-state index contributed by atoms with van der Waals surface area (Å²) < 4.78 is 5.88. The Kier molecular flexibility index (Phi) is 5.62. The van der Waals surface area contributed by atoms with Gasteiger partial charge in [-0.2, -0.15) is 0 Å². The molecule has 112 valence electrons. The van der Waals surface area contributed by atoms with Crippen molar-refractivity contribution in [3.8, 4) is 0 Å². The van der Waals surface area contributed by atoms with Gasteiger partial charge in [0, 0.05) is 18.6 Å². The Morgan fingerprint density at radius 2 is 1.95 bits per heavy atom. The van der Waals surface area contributed by atoms with Crippen LogP contribution in [0, 0.1) is 5.92 Å². The second-order valence-corrected chi connectivity index (χ2v) is 5.77. The van der Waals surface area contributed by atoms with E-state index in [1.807, 2.05) is 0 Å². The number of ether oxygens (including phenoxy) is 1. The summed E-state index contributed by atoms with van der Waals surface area (Å²) in [5.41, 5.74) is 4.41. The summed E-state index contributed by atoms with van der Waals surface area (Å²) >= 11 is 0. The summed E-state index contributed by atoms with van der Waals surface area (Å²) in [6.07, 6.45) is 4.92. The van der Waals surface area contributed by atoms with Crippen molar-refractivity contribution in [1.82, 2.24) is 5.32 Å². The molecule has 2 rings (SSSR count). The summed E-state index contributed by atoms with van der Waals surface area (Å²) in [6, 6.07) is 7.45. The Labute approximate surface area is 123 Å². The zero-order valence-corrected chi connectivity index (χ0v) is 13.4. The third kappa shape index (κ3) is 3.07. The van der Waals surface area contributed by atoms with Crippen LogP contribution in [0.1, 0.15) is 56.3 Å². The molecule has 2 heteroatoms. The fraction of sp³-hybridized carbons (Fsp3) is 0.667. The van der Waals surface area contributed by atoms with Crippen molar-refractivity contribution in [1.29, 1.82) is 0 Å². The molecule has 0 amide bonds. The van der Waals surface area contributed by atoms with Crippen molar-refractivity contribution in [2.45, 2.75) is 58.6 Å². The molecule has 1 saturated heterocycles. The Morgan fingerprint density at radius 3 is 2.55 bits per heavy atom.